The first kappa shape index (κ1) is 29.0. The van der Waals surface area contributed by atoms with E-state index in [9.17, 15) is 0 Å². The first-order valence-electron chi connectivity index (χ1n) is 18.7. The van der Waals surface area contributed by atoms with Crippen molar-refractivity contribution in [3.05, 3.63) is 163 Å². The van der Waals surface area contributed by atoms with Gasteiger partial charge < -0.3 is 9.32 Å². The number of fused-ring (bicyclic) bond motifs is 14. The molecule has 3 aliphatic rings. The molecule has 2 bridgehead atoms. The van der Waals surface area contributed by atoms with Gasteiger partial charge in [0.05, 0.1) is 0 Å². The summed E-state index contributed by atoms with van der Waals surface area (Å²) in [5, 5.41) is 4.91. The highest BCUT2D eigenvalue weighted by Crippen LogP contribution is 2.66. The van der Waals surface area contributed by atoms with Crippen molar-refractivity contribution in [2.75, 3.05) is 4.90 Å². The summed E-state index contributed by atoms with van der Waals surface area (Å²) in [6.07, 6.45) is 5.45. The van der Waals surface area contributed by atoms with Crippen LogP contribution in [0.4, 0.5) is 17.1 Å². The molecule has 9 aromatic rings. The number of rotatable bonds is 4. The Morgan fingerprint density at radius 3 is 2.10 bits per heavy atom. The summed E-state index contributed by atoms with van der Waals surface area (Å²) in [6.45, 7) is 0. The van der Waals surface area contributed by atoms with Gasteiger partial charge in [-0.2, -0.15) is 0 Å². The van der Waals surface area contributed by atoms with Crippen LogP contribution in [0.25, 0.3) is 64.4 Å². The van der Waals surface area contributed by atoms with E-state index in [-0.39, 0.29) is 5.41 Å². The zero-order valence-electron chi connectivity index (χ0n) is 28.7. The third kappa shape index (κ3) is 3.95. The quantitative estimate of drug-likeness (QED) is 0.183. The van der Waals surface area contributed by atoms with E-state index in [1.807, 2.05) is 17.4 Å². The minimum atomic E-state index is 0.183. The average Bonchev–Trinajstić information content (AvgIpc) is 4.02. The molecule has 12 rings (SSSR count). The van der Waals surface area contributed by atoms with Crippen molar-refractivity contribution in [1.29, 1.82) is 0 Å². The van der Waals surface area contributed by atoms with Gasteiger partial charge in [0, 0.05) is 59.5 Å². The molecule has 1 spiro atoms. The van der Waals surface area contributed by atoms with E-state index >= 15 is 0 Å². The Balaban J connectivity index is 1.01. The number of furan rings is 1. The van der Waals surface area contributed by atoms with E-state index in [0.29, 0.717) is 0 Å². The van der Waals surface area contributed by atoms with Crippen molar-refractivity contribution >= 4 is 70.5 Å². The van der Waals surface area contributed by atoms with Crippen molar-refractivity contribution in [2.24, 2.45) is 11.8 Å². The zero-order valence-corrected chi connectivity index (χ0v) is 29.5. The van der Waals surface area contributed by atoms with Crippen LogP contribution >= 0.6 is 11.3 Å². The molecule has 2 fully saturated rings. The lowest BCUT2D eigenvalue weighted by atomic mass is 9.66. The molecule has 52 heavy (non-hydrogen) atoms. The van der Waals surface area contributed by atoms with Crippen molar-refractivity contribution in [1.82, 2.24) is 0 Å². The fourth-order valence-corrected chi connectivity index (χ4v) is 11.8. The fraction of sp³-hybridized carbons (Fsp3) is 0.143. The highest BCUT2D eigenvalue weighted by molar-refractivity contribution is 7.25. The predicted octanol–water partition coefficient (Wildman–Crippen LogP) is 14.2. The van der Waals surface area contributed by atoms with Crippen LogP contribution in [0.5, 0.6) is 0 Å². The van der Waals surface area contributed by atoms with E-state index in [1.165, 1.54) is 68.1 Å². The summed E-state index contributed by atoms with van der Waals surface area (Å²) in [7, 11) is 0. The summed E-state index contributed by atoms with van der Waals surface area (Å²) in [4.78, 5) is 2.38. The van der Waals surface area contributed by atoms with Crippen LogP contribution in [-0.2, 0) is 5.41 Å². The molecule has 0 N–H and O–H groups in total. The van der Waals surface area contributed by atoms with Gasteiger partial charge in [-0.15, -0.1) is 11.3 Å². The summed E-state index contributed by atoms with van der Waals surface area (Å²) >= 11 is 1.86. The molecule has 3 heteroatoms. The van der Waals surface area contributed by atoms with E-state index < -0.39 is 0 Å². The van der Waals surface area contributed by atoms with Gasteiger partial charge in [-0.3, -0.25) is 0 Å². The monoisotopic (exact) mass is 685 g/mol. The third-order valence-corrected chi connectivity index (χ3v) is 13.9. The van der Waals surface area contributed by atoms with Crippen LogP contribution < -0.4 is 4.90 Å². The Morgan fingerprint density at radius 1 is 0.538 bits per heavy atom. The molecule has 248 valence electrons. The molecular weight excluding hydrogens is 651 g/mol. The number of anilines is 3. The van der Waals surface area contributed by atoms with E-state index in [1.54, 1.807) is 11.1 Å². The lowest BCUT2D eigenvalue weighted by molar-refractivity contribution is 0.327. The van der Waals surface area contributed by atoms with Crippen LogP contribution in [0.3, 0.4) is 0 Å². The van der Waals surface area contributed by atoms with Gasteiger partial charge in [-0.25, -0.2) is 0 Å². The van der Waals surface area contributed by atoms with Crippen LogP contribution in [-0.4, -0.2) is 0 Å². The average molecular weight is 686 g/mol. The number of para-hydroxylation sites is 1. The first-order chi connectivity index (χ1) is 25.7. The molecule has 3 unspecified atom stereocenters. The van der Waals surface area contributed by atoms with Gasteiger partial charge in [0.2, 0.25) is 0 Å². The number of nitrogens with zero attached hydrogens (tertiary/aromatic N) is 1. The predicted molar refractivity (Wildman–Crippen MR) is 218 cm³/mol. The molecule has 2 aromatic heterocycles. The molecule has 2 nitrogen and oxygen atoms in total. The van der Waals surface area contributed by atoms with Gasteiger partial charge in [0.15, 0.2) is 0 Å². The number of hydrogen-bond acceptors (Lipinski definition) is 3. The van der Waals surface area contributed by atoms with Gasteiger partial charge in [0.1, 0.15) is 11.2 Å². The number of benzene rings is 7. The smallest absolute Gasteiger partial charge is 0.137 e. The highest BCUT2D eigenvalue weighted by atomic mass is 32.1. The molecule has 0 saturated heterocycles. The topological polar surface area (TPSA) is 16.4 Å². The van der Waals surface area contributed by atoms with Crippen LogP contribution in [0.2, 0.25) is 0 Å². The maximum atomic E-state index is 6.41. The highest BCUT2D eigenvalue weighted by Gasteiger charge is 2.56. The summed E-state index contributed by atoms with van der Waals surface area (Å²) in [5.41, 5.74) is 14.0. The molecule has 3 aliphatic carbocycles. The zero-order chi connectivity index (χ0) is 34.0. The standard InChI is InChI=1S/C49H35NOS/c1-4-12-42-41(10-1)48-36(11-7-13-43(48)49(42)29-30-16-19-32(49)26-30)31-17-20-33(21-18-31)50(34-22-24-38-37-8-2-5-14-44(37)51-45(38)27-34)35-23-25-40-39-9-3-6-15-46(39)52-47(40)28-35/h1-15,17-18,20-25,27-28,30,32H,16,19,26,29H2. The van der Waals surface area contributed by atoms with Gasteiger partial charge in [-0.05, 0) is 113 Å². The second kappa shape index (κ2) is 10.7. The van der Waals surface area contributed by atoms with E-state index in [0.717, 1.165) is 50.8 Å². The van der Waals surface area contributed by atoms with Gasteiger partial charge >= 0.3 is 0 Å². The molecule has 7 aromatic carbocycles. The summed E-state index contributed by atoms with van der Waals surface area (Å²) in [6, 6.07) is 56.3. The largest absolute Gasteiger partial charge is 0.456 e. The molecule has 3 atom stereocenters. The Labute approximate surface area is 306 Å². The maximum Gasteiger partial charge on any atom is 0.137 e. The maximum absolute atomic E-state index is 6.41. The second-order valence-corrected chi connectivity index (χ2v) is 16.3. The lowest BCUT2D eigenvalue weighted by Gasteiger charge is -2.36. The Kier molecular flexibility index (Phi) is 5.96. The molecular formula is C49H35NOS. The second-order valence-electron chi connectivity index (χ2n) is 15.3. The normalized spacial score (nSPS) is 20.1. The Hall–Kier alpha value is -5.64. The van der Waals surface area contributed by atoms with Crippen LogP contribution in [0.15, 0.2) is 156 Å². The fourth-order valence-electron chi connectivity index (χ4n) is 10.6. The molecule has 0 amide bonds. The minimum absolute atomic E-state index is 0.183. The summed E-state index contributed by atoms with van der Waals surface area (Å²) < 4.78 is 9.01. The number of hydrogen-bond donors (Lipinski definition) is 0. The van der Waals surface area contributed by atoms with Crippen LogP contribution in [0.1, 0.15) is 36.8 Å². The van der Waals surface area contributed by atoms with Crippen molar-refractivity contribution in [3.8, 4) is 22.3 Å². The van der Waals surface area contributed by atoms with Crippen molar-refractivity contribution < 1.29 is 4.42 Å². The molecule has 0 radical (unpaired) electrons. The van der Waals surface area contributed by atoms with Crippen LogP contribution in [0, 0.1) is 11.8 Å². The first-order valence-corrected chi connectivity index (χ1v) is 19.5. The van der Waals surface area contributed by atoms with E-state index in [4.69, 9.17) is 4.42 Å². The molecule has 2 saturated carbocycles. The Morgan fingerprint density at radius 2 is 1.23 bits per heavy atom. The van der Waals surface area contributed by atoms with Gasteiger partial charge in [-0.1, -0.05) is 103 Å². The van der Waals surface area contributed by atoms with Gasteiger partial charge in [0.25, 0.3) is 0 Å². The Bertz CT molecular complexity index is 2780. The summed E-state index contributed by atoms with van der Waals surface area (Å²) in [5.74, 6) is 1.62. The lowest BCUT2D eigenvalue weighted by Crippen LogP contribution is -2.31. The number of thiophene rings is 1. The third-order valence-electron chi connectivity index (χ3n) is 12.7. The van der Waals surface area contributed by atoms with Crippen molar-refractivity contribution in [3.63, 3.8) is 0 Å². The van der Waals surface area contributed by atoms with Crippen molar-refractivity contribution in [2.45, 2.75) is 31.1 Å². The molecule has 0 aliphatic heterocycles. The molecule has 2 heterocycles. The minimum Gasteiger partial charge on any atom is -0.456 e. The SMILES string of the molecule is c1ccc2c(c1)-c1c(-c3ccc(N(c4ccc5c(c4)oc4ccccc45)c4ccc5c(c4)sc4ccccc45)cc3)cccc1C21CC2CCC1C2. The van der Waals surface area contributed by atoms with E-state index in [2.05, 4.69) is 150 Å².